The van der Waals surface area contributed by atoms with Crippen LogP contribution in [0.4, 0.5) is 0 Å². The van der Waals surface area contributed by atoms with Crippen LogP contribution in [-0.2, 0) is 0 Å². The predicted molar refractivity (Wildman–Crippen MR) is 107 cm³/mol. The second kappa shape index (κ2) is 7.35. The van der Waals surface area contributed by atoms with E-state index in [0.717, 1.165) is 31.0 Å². The van der Waals surface area contributed by atoms with Gasteiger partial charge in [0.2, 0.25) is 0 Å². The number of hydrogen-bond donors (Lipinski definition) is 1. The van der Waals surface area contributed by atoms with Crippen molar-refractivity contribution in [1.82, 2.24) is 10.2 Å². The highest BCUT2D eigenvalue weighted by Gasteiger charge is 2.43. The van der Waals surface area contributed by atoms with Crippen molar-refractivity contribution in [3.63, 3.8) is 0 Å². The Morgan fingerprint density at radius 2 is 1.96 bits per heavy atom. The number of carbonyl (C=O) groups is 1. The van der Waals surface area contributed by atoms with Gasteiger partial charge in [0.25, 0.3) is 0 Å². The fourth-order valence-electron chi connectivity index (χ4n) is 4.38. The molecule has 1 aromatic rings. The number of halogens is 1. The lowest BCUT2D eigenvalue weighted by Crippen LogP contribution is -2.55. The van der Waals surface area contributed by atoms with Gasteiger partial charge in [-0.05, 0) is 43.3 Å². The number of piperidine rings is 1. The smallest absolute Gasteiger partial charge is 0.170 e. The van der Waals surface area contributed by atoms with E-state index in [2.05, 4.69) is 10.2 Å². The van der Waals surface area contributed by atoms with E-state index in [9.17, 15) is 4.79 Å². The van der Waals surface area contributed by atoms with Gasteiger partial charge in [0.1, 0.15) is 11.4 Å². The summed E-state index contributed by atoms with van der Waals surface area (Å²) in [5.74, 6) is 0.798. The zero-order valence-corrected chi connectivity index (χ0v) is 16.5. The summed E-state index contributed by atoms with van der Waals surface area (Å²) < 4.78 is 6.29. The van der Waals surface area contributed by atoms with Gasteiger partial charge in [-0.25, -0.2) is 0 Å². The number of carbonyl (C=O) groups excluding carboxylic acids is 1. The first-order valence-electron chi connectivity index (χ1n) is 9.62. The molecule has 2 fully saturated rings. The number of likely N-dealkylation sites (tertiary alicyclic amines) is 1. The molecule has 140 valence electrons. The highest BCUT2D eigenvalue weighted by atomic mass is 35.5. The normalized spacial score (nSPS) is 22.7. The number of ketones is 1. The number of rotatable bonds is 1. The van der Waals surface area contributed by atoms with Crippen molar-refractivity contribution in [3.8, 4) is 5.75 Å². The first kappa shape index (κ1) is 18.1. The van der Waals surface area contributed by atoms with E-state index < -0.39 is 5.60 Å². The summed E-state index contributed by atoms with van der Waals surface area (Å²) >= 11 is 11.7. The highest BCUT2D eigenvalue weighted by molar-refractivity contribution is 7.80. The number of thiocarbonyl (C=S) groups is 1. The maximum Gasteiger partial charge on any atom is 0.170 e. The average Bonchev–Trinajstić information content (AvgIpc) is 2.64. The molecule has 0 bridgehead atoms. The Labute approximate surface area is 165 Å². The number of hydrogen-bond acceptors (Lipinski definition) is 3. The zero-order chi connectivity index (χ0) is 18.1. The minimum atomic E-state index is -0.394. The van der Waals surface area contributed by atoms with Gasteiger partial charge in [0.15, 0.2) is 10.9 Å². The van der Waals surface area contributed by atoms with Crippen LogP contribution in [-0.4, -0.2) is 40.5 Å². The van der Waals surface area contributed by atoms with Gasteiger partial charge in [-0.15, -0.1) is 0 Å². The second-order valence-corrected chi connectivity index (χ2v) is 8.62. The van der Waals surface area contributed by atoms with E-state index in [1.54, 1.807) is 12.1 Å². The molecule has 2 heterocycles. The first-order valence-corrected chi connectivity index (χ1v) is 10.4. The largest absolute Gasteiger partial charge is 0.486 e. The molecular formula is C20H25ClN2O2S. The van der Waals surface area contributed by atoms with E-state index in [1.165, 1.54) is 32.1 Å². The van der Waals surface area contributed by atoms with E-state index in [0.29, 0.717) is 28.8 Å². The molecule has 3 aliphatic rings. The van der Waals surface area contributed by atoms with E-state index >= 15 is 0 Å². The van der Waals surface area contributed by atoms with Gasteiger partial charge in [0, 0.05) is 37.0 Å². The maximum atomic E-state index is 12.6. The summed E-state index contributed by atoms with van der Waals surface area (Å²) in [5.41, 5.74) is 0.217. The van der Waals surface area contributed by atoms with E-state index in [1.807, 2.05) is 6.07 Å². The third kappa shape index (κ3) is 3.70. The van der Waals surface area contributed by atoms with Crippen LogP contribution in [0.5, 0.6) is 5.75 Å². The Hall–Kier alpha value is -1.33. The van der Waals surface area contributed by atoms with Crippen molar-refractivity contribution in [3.05, 3.63) is 28.8 Å². The van der Waals surface area contributed by atoms with Gasteiger partial charge < -0.3 is 15.0 Å². The molecule has 1 saturated carbocycles. The number of ether oxygens (including phenoxy) is 1. The Balaban J connectivity index is 1.38. The quantitative estimate of drug-likeness (QED) is 0.719. The summed E-state index contributed by atoms with van der Waals surface area (Å²) in [5, 5.41) is 4.98. The van der Waals surface area contributed by atoms with Crippen molar-refractivity contribution in [2.75, 3.05) is 13.1 Å². The van der Waals surface area contributed by atoms with Crippen LogP contribution in [0.25, 0.3) is 0 Å². The Kier molecular flexibility index (Phi) is 5.11. The van der Waals surface area contributed by atoms with Crippen molar-refractivity contribution in [1.29, 1.82) is 0 Å². The summed E-state index contributed by atoms with van der Waals surface area (Å²) in [7, 11) is 0. The molecule has 1 N–H and O–H groups in total. The SMILES string of the molecule is O=C1CC2(CCN(C(=S)NC3CCCCC3)CC2)Oc2ccc(Cl)cc21. The lowest BCUT2D eigenvalue weighted by Gasteiger charge is -2.45. The van der Waals surface area contributed by atoms with Gasteiger partial charge in [-0.1, -0.05) is 30.9 Å². The summed E-state index contributed by atoms with van der Waals surface area (Å²) in [4.78, 5) is 14.8. The van der Waals surface area contributed by atoms with Crippen molar-refractivity contribution >= 4 is 34.7 Å². The molecule has 2 aliphatic heterocycles. The molecule has 1 aliphatic carbocycles. The third-order valence-electron chi connectivity index (χ3n) is 5.95. The topological polar surface area (TPSA) is 41.6 Å². The van der Waals surface area contributed by atoms with Crippen molar-refractivity contribution in [2.45, 2.75) is 63.0 Å². The molecule has 0 atom stereocenters. The highest BCUT2D eigenvalue weighted by Crippen LogP contribution is 2.40. The molecule has 26 heavy (non-hydrogen) atoms. The first-order chi connectivity index (χ1) is 12.5. The molecule has 0 unspecified atom stereocenters. The van der Waals surface area contributed by atoms with Crippen LogP contribution >= 0.6 is 23.8 Å². The lowest BCUT2D eigenvalue weighted by atomic mass is 9.82. The molecule has 1 saturated heterocycles. The molecule has 0 amide bonds. The summed E-state index contributed by atoms with van der Waals surface area (Å²) in [6.45, 7) is 1.66. The minimum absolute atomic E-state index is 0.130. The monoisotopic (exact) mass is 392 g/mol. The van der Waals surface area contributed by atoms with Crippen LogP contribution < -0.4 is 10.1 Å². The minimum Gasteiger partial charge on any atom is -0.486 e. The number of nitrogens with one attached hydrogen (secondary N) is 1. The number of fused-ring (bicyclic) bond motifs is 1. The van der Waals surface area contributed by atoms with Crippen molar-refractivity contribution in [2.24, 2.45) is 0 Å². The van der Waals surface area contributed by atoms with Crippen LogP contribution in [0, 0.1) is 0 Å². The summed E-state index contributed by atoms with van der Waals surface area (Å²) in [6, 6.07) is 5.84. The van der Waals surface area contributed by atoms with Gasteiger partial charge >= 0.3 is 0 Å². The van der Waals surface area contributed by atoms with E-state index in [4.69, 9.17) is 28.6 Å². The maximum absolute atomic E-state index is 12.6. The molecule has 0 aromatic heterocycles. The fourth-order valence-corrected chi connectivity index (χ4v) is 4.90. The zero-order valence-electron chi connectivity index (χ0n) is 14.9. The third-order valence-corrected chi connectivity index (χ3v) is 6.56. The van der Waals surface area contributed by atoms with Crippen LogP contribution in [0.2, 0.25) is 5.02 Å². The van der Waals surface area contributed by atoms with Crippen molar-refractivity contribution < 1.29 is 9.53 Å². The Morgan fingerprint density at radius 3 is 2.69 bits per heavy atom. The number of nitrogens with zero attached hydrogens (tertiary/aromatic N) is 1. The molecular weight excluding hydrogens is 368 g/mol. The average molecular weight is 393 g/mol. The molecule has 1 aromatic carbocycles. The van der Waals surface area contributed by atoms with Gasteiger partial charge in [0.05, 0.1) is 12.0 Å². The van der Waals surface area contributed by atoms with Crippen LogP contribution in [0.1, 0.15) is 61.7 Å². The number of benzene rings is 1. The molecule has 0 radical (unpaired) electrons. The second-order valence-electron chi connectivity index (χ2n) is 7.80. The lowest BCUT2D eigenvalue weighted by molar-refractivity contribution is 0.00348. The van der Waals surface area contributed by atoms with E-state index in [-0.39, 0.29) is 5.78 Å². The van der Waals surface area contributed by atoms with Crippen LogP contribution in [0.15, 0.2) is 18.2 Å². The van der Waals surface area contributed by atoms with Gasteiger partial charge in [-0.2, -0.15) is 0 Å². The predicted octanol–water partition coefficient (Wildman–Crippen LogP) is 4.35. The standard InChI is InChI=1S/C20H25ClN2O2S/c21-14-6-7-18-16(12-14)17(24)13-20(25-18)8-10-23(11-9-20)19(26)22-15-4-2-1-3-5-15/h6-7,12,15H,1-5,8-11,13H2,(H,22,26). The molecule has 1 spiro atoms. The summed E-state index contributed by atoms with van der Waals surface area (Å²) in [6.07, 6.45) is 8.42. The number of Topliss-reactive ketones (excluding diaryl/α,β-unsaturated/α-hetero) is 1. The molecule has 4 rings (SSSR count). The molecule has 4 nitrogen and oxygen atoms in total. The fraction of sp³-hybridized carbons (Fsp3) is 0.600. The Morgan fingerprint density at radius 1 is 1.23 bits per heavy atom. The van der Waals surface area contributed by atoms with Crippen LogP contribution in [0.3, 0.4) is 0 Å². The van der Waals surface area contributed by atoms with Gasteiger partial charge in [-0.3, -0.25) is 4.79 Å². The molecule has 6 heteroatoms. The Bertz CT molecular complexity index is 710.